The quantitative estimate of drug-likeness (QED) is 0.887. The zero-order chi connectivity index (χ0) is 17.1. The van der Waals surface area contributed by atoms with Crippen molar-refractivity contribution in [2.45, 2.75) is 6.92 Å². The van der Waals surface area contributed by atoms with Gasteiger partial charge in [0.25, 0.3) is 0 Å². The molecule has 2 heterocycles. The number of hydrogen-bond donors (Lipinski definition) is 2. The maximum Gasteiger partial charge on any atom is 0.159 e. The molecule has 0 spiro atoms. The Labute approximate surface area is 142 Å². The Morgan fingerprint density at radius 2 is 1.92 bits per heavy atom. The molecule has 24 heavy (non-hydrogen) atoms. The summed E-state index contributed by atoms with van der Waals surface area (Å²) < 4.78 is 5.41. The van der Waals surface area contributed by atoms with Crippen LogP contribution in [0, 0.1) is 6.92 Å². The number of methoxy groups -OCH3 is 1. The van der Waals surface area contributed by atoms with Crippen LogP contribution in [0.2, 0.25) is 0 Å². The fourth-order valence-corrected chi connectivity index (χ4v) is 2.80. The summed E-state index contributed by atoms with van der Waals surface area (Å²) >= 11 is 0. The third kappa shape index (κ3) is 3.35. The highest BCUT2D eigenvalue weighted by Crippen LogP contribution is 2.33. The van der Waals surface area contributed by atoms with Gasteiger partial charge >= 0.3 is 0 Å². The molecule has 7 heteroatoms. The minimum absolute atomic E-state index is 0.561. The maximum absolute atomic E-state index is 6.34. The molecule has 1 aliphatic heterocycles. The monoisotopic (exact) mass is 328 g/mol. The molecule has 3 N–H and O–H groups in total. The van der Waals surface area contributed by atoms with Gasteiger partial charge in [0.1, 0.15) is 17.8 Å². The third-order valence-corrected chi connectivity index (χ3v) is 4.27. The van der Waals surface area contributed by atoms with Crippen LogP contribution in [-0.4, -0.2) is 55.2 Å². The van der Waals surface area contributed by atoms with Crippen molar-refractivity contribution >= 4 is 23.0 Å². The first-order chi connectivity index (χ1) is 11.6. The molecular formula is C17H24N6O. The largest absolute Gasteiger partial charge is 0.495 e. The number of anilines is 4. The van der Waals surface area contributed by atoms with Gasteiger partial charge in [-0.3, -0.25) is 0 Å². The standard InChI is InChI=1S/C17H24N6O/c1-12-4-5-14(24-3)13(10-12)21-16-15(18)17(20-11-19-16)23-8-6-22(2)7-9-23/h4-5,10-11H,6-9,18H2,1-3H3,(H,19,20,21). The molecule has 1 saturated heterocycles. The molecule has 0 aliphatic carbocycles. The number of nitrogens with two attached hydrogens (primary N) is 1. The van der Waals surface area contributed by atoms with Crippen molar-refractivity contribution in [3.8, 4) is 5.75 Å². The van der Waals surface area contributed by atoms with Crippen molar-refractivity contribution in [2.24, 2.45) is 0 Å². The lowest BCUT2D eigenvalue weighted by molar-refractivity contribution is 0.312. The first kappa shape index (κ1) is 16.3. The molecule has 0 atom stereocenters. The molecule has 0 amide bonds. The van der Waals surface area contributed by atoms with Gasteiger partial charge in [-0.1, -0.05) is 6.07 Å². The van der Waals surface area contributed by atoms with Gasteiger partial charge < -0.3 is 25.6 Å². The van der Waals surface area contributed by atoms with E-state index in [1.54, 1.807) is 13.4 Å². The number of piperazine rings is 1. The van der Waals surface area contributed by atoms with E-state index < -0.39 is 0 Å². The number of likely N-dealkylation sites (N-methyl/N-ethyl adjacent to an activating group) is 1. The number of hydrogen-bond acceptors (Lipinski definition) is 7. The molecular weight excluding hydrogens is 304 g/mol. The molecule has 0 radical (unpaired) electrons. The van der Waals surface area contributed by atoms with E-state index in [1.165, 1.54) is 0 Å². The zero-order valence-corrected chi connectivity index (χ0v) is 14.4. The Hall–Kier alpha value is -2.54. The summed E-state index contributed by atoms with van der Waals surface area (Å²) in [5.41, 5.74) is 8.87. The molecule has 1 aliphatic rings. The Balaban J connectivity index is 1.87. The highest BCUT2D eigenvalue weighted by Gasteiger charge is 2.20. The van der Waals surface area contributed by atoms with Gasteiger partial charge in [0, 0.05) is 26.2 Å². The normalized spacial score (nSPS) is 15.4. The molecule has 128 valence electrons. The minimum atomic E-state index is 0.561. The van der Waals surface area contributed by atoms with E-state index in [2.05, 4.69) is 32.1 Å². The fraction of sp³-hybridized carbons (Fsp3) is 0.412. The number of aromatic nitrogens is 2. The lowest BCUT2D eigenvalue weighted by Crippen LogP contribution is -2.45. The molecule has 1 aromatic heterocycles. The van der Waals surface area contributed by atoms with E-state index in [-0.39, 0.29) is 0 Å². The van der Waals surface area contributed by atoms with Gasteiger partial charge in [-0.2, -0.15) is 0 Å². The number of nitrogens with zero attached hydrogens (tertiary/aromatic N) is 4. The highest BCUT2D eigenvalue weighted by atomic mass is 16.5. The predicted octanol–water partition coefficient (Wildman–Crippen LogP) is 1.87. The summed E-state index contributed by atoms with van der Waals surface area (Å²) in [7, 11) is 3.77. The van der Waals surface area contributed by atoms with Gasteiger partial charge in [0.2, 0.25) is 0 Å². The topological polar surface area (TPSA) is 79.5 Å². The van der Waals surface area contributed by atoms with Crippen molar-refractivity contribution < 1.29 is 4.74 Å². The van der Waals surface area contributed by atoms with Crippen LogP contribution in [0.4, 0.5) is 23.0 Å². The van der Waals surface area contributed by atoms with Gasteiger partial charge in [0.15, 0.2) is 11.6 Å². The first-order valence-corrected chi connectivity index (χ1v) is 8.04. The number of benzene rings is 1. The second-order valence-electron chi connectivity index (χ2n) is 6.08. The van der Waals surface area contributed by atoms with E-state index in [0.717, 1.165) is 49.0 Å². The minimum Gasteiger partial charge on any atom is -0.495 e. The van der Waals surface area contributed by atoms with Gasteiger partial charge in [-0.25, -0.2) is 9.97 Å². The van der Waals surface area contributed by atoms with Gasteiger partial charge in [0.05, 0.1) is 12.8 Å². The third-order valence-electron chi connectivity index (χ3n) is 4.27. The average molecular weight is 328 g/mol. The van der Waals surface area contributed by atoms with Crippen molar-refractivity contribution in [2.75, 3.05) is 56.3 Å². The summed E-state index contributed by atoms with van der Waals surface area (Å²) in [5, 5.41) is 3.28. The zero-order valence-electron chi connectivity index (χ0n) is 14.4. The van der Waals surface area contributed by atoms with Crippen LogP contribution in [0.15, 0.2) is 24.5 Å². The number of ether oxygens (including phenoxy) is 1. The molecule has 1 aromatic carbocycles. The van der Waals surface area contributed by atoms with E-state index in [4.69, 9.17) is 10.5 Å². The number of rotatable bonds is 4. The smallest absolute Gasteiger partial charge is 0.159 e. The van der Waals surface area contributed by atoms with Crippen LogP contribution >= 0.6 is 0 Å². The molecule has 7 nitrogen and oxygen atoms in total. The number of aryl methyl sites for hydroxylation is 1. The summed E-state index contributed by atoms with van der Waals surface area (Å²) in [4.78, 5) is 13.2. The van der Waals surface area contributed by atoms with Gasteiger partial charge in [-0.05, 0) is 31.7 Å². The van der Waals surface area contributed by atoms with Crippen LogP contribution in [0.1, 0.15) is 5.56 Å². The Morgan fingerprint density at radius 3 is 2.62 bits per heavy atom. The SMILES string of the molecule is COc1ccc(C)cc1Nc1ncnc(N2CCN(C)CC2)c1N. The van der Waals surface area contributed by atoms with E-state index in [1.807, 2.05) is 25.1 Å². The maximum atomic E-state index is 6.34. The number of nitrogens with one attached hydrogen (secondary N) is 1. The van der Waals surface area contributed by atoms with Crippen molar-refractivity contribution in [1.29, 1.82) is 0 Å². The van der Waals surface area contributed by atoms with Crippen LogP contribution in [0.5, 0.6) is 5.75 Å². The summed E-state index contributed by atoms with van der Waals surface area (Å²) in [6, 6.07) is 5.94. The Bertz CT molecular complexity index is 712. The van der Waals surface area contributed by atoms with E-state index >= 15 is 0 Å². The van der Waals surface area contributed by atoms with Gasteiger partial charge in [-0.15, -0.1) is 0 Å². The summed E-state index contributed by atoms with van der Waals surface area (Å²) in [5.74, 6) is 2.13. The highest BCUT2D eigenvalue weighted by molar-refractivity contribution is 5.80. The van der Waals surface area contributed by atoms with Crippen molar-refractivity contribution in [3.63, 3.8) is 0 Å². The summed E-state index contributed by atoms with van der Waals surface area (Å²) in [6.07, 6.45) is 1.55. The molecule has 1 fully saturated rings. The van der Waals surface area contributed by atoms with E-state index in [0.29, 0.717) is 11.5 Å². The Morgan fingerprint density at radius 1 is 1.17 bits per heavy atom. The van der Waals surface area contributed by atoms with Crippen LogP contribution in [-0.2, 0) is 0 Å². The average Bonchev–Trinajstić information content (AvgIpc) is 2.58. The Kier molecular flexibility index (Phi) is 4.71. The van der Waals surface area contributed by atoms with Crippen molar-refractivity contribution in [1.82, 2.24) is 14.9 Å². The molecule has 2 aromatic rings. The predicted molar refractivity (Wildman–Crippen MR) is 97.2 cm³/mol. The van der Waals surface area contributed by atoms with Crippen LogP contribution in [0.25, 0.3) is 0 Å². The second kappa shape index (κ2) is 6.92. The summed E-state index contributed by atoms with van der Waals surface area (Å²) in [6.45, 7) is 5.84. The van der Waals surface area contributed by atoms with Crippen LogP contribution in [0.3, 0.4) is 0 Å². The van der Waals surface area contributed by atoms with Crippen LogP contribution < -0.4 is 20.7 Å². The molecule has 0 saturated carbocycles. The fourth-order valence-electron chi connectivity index (χ4n) is 2.80. The molecule has 0 unspecified atom stereocenters. The molecule has 0 bridgehead atoms. The lowest BCUT2D eigenvalue weighted by atomic mass is 10.2. The van der Waals surface area contributed by atoms with Crippen molar-refractivity contribution in [3.05, 3.63) is 30.1 Å². The number of nitrogen functional groups attached to an aromatic ring is 1. The first-order valence-electron chi connectivity index (χ1n) is 8.04. The molecule has 3 rings (SSSR count). The van der Waals surface area contributed by atoms with E-state index in [9.17, 15) is 0 Å². The second-order valence-corrected chi connectivity index (χ2v) is 6.08. The lowest BCUT2D eigenvalue weighted by Gasteiger charge is -2.33.